The third-order valence-electron chi connectivity index (χ3n) is 2.52. The number of rotatable bonds is 0. The van der Waals surface area contributed by atoms with Gasteiger partial charge in [-0.1, -0.05) is 0 Å². The maximum Gasteiger partial charge on any atom is 0.142 e. The Labute approximate surface area is 59.8 Å². The molecule has 0 aromatic carbocycles. The highest BCUT2D eigenvalue weighted by atomic mass is 16.6. The fourth-order valence-corrected chi connectivity index (χ4v) is 1.74. The quantitative estimate of drug-likeness (QED) is 0.475. The van der Waals surface area contributed by atoms with Gasteiger partial charge >= 0.3 is 0 Å². The summed E-state index contributed by atoms with van der Waals surface area (Å²) in [5, 5.41) is 0. The zero-order chi connectivity index (χ0) is 6.55. The van der Waals surface area contributed by atoms with Gasteiger partial charge < -0.3 is 9.47 Å². The summed E-state index contributed by atoms with van der Waals surface area (Å²) in [5.74, 6) is 2.52. The van der Waals surface area contributed by atoms with E-state index in [1.54, 1.807) is 0 Å². The topological polar surface area (TPSA) is 25.1 Å². The van der Waals surface area contributed by atoms with Crippen molar-refractivity contribution in [1.29, 1.82) is 0 Å². The van der Waals surface area contributed by atoms with Gasteiger partial charge in [0.15, 0.2) is 0 Å². The molecule has 3 aliphatic rings. The Balaban J connectivity index is 1.76. The Morgan fingerprint density at radius 2 is 1.60 bits per heavy atom. The molecule has 0 aromatic heterocycles. The minimum atomic E-state index is 0.582. The minimum Gasteiger partial charge on any atom is -0.459 e. The van der Waals surface area contributed by atoms with E-state index in [0.29, 0.717) is 12.2 Å². The molecule has 1 saturated heterocycles. The molecular weight excluding hydrogens is 128 g/mol. The average molecular weight is 138 g/mol. The molecule has 2 aliphatic heterocycles. The van der Waals surface area contributed by atoms with Crippen LogP contribution in [0.4, 0.5) is 0 Å². The van der Waals surface area contributed by atoms with E-state index < -0.39 is 0 Å². The van der Waals surface area contributed by atoms with E-state index in [9.17, 15) is 0 Å². The molecule has 2 atom stereocenters. The van der Waals surface area contributed by atoms with Crippen LogP contribution in [0, 0.1) is 0 Å². The van der Waals surface area contributed by atoms with Crippen LogP contribution in [0.3, 0.4) is 0 Å². The Bertz CT molecular complexity index is 187. The van der Waals surface area contributed by atoms with E-state index in [0.717, 1.165) is 12.8 Å². The van der Waals surface area contributed by atoms with Gasteiger partial charge in [0.2, 0.25) is 0 Å². The standard InChI is InChI=1S/C8H10O2/c1-2-6-8(10-6)4-3-7-5(1)9-7/h5,7H,1-4H2. The van der Waals surface area contributed by atoms with Gasteiger partial charge in [-0.25, -0.2) is 0 Å². The molecular formula is C8H10O2. The zero-order valence-electron chi connectivity index (χ0n) is 5.80. The molecule has 1 aliphatic carbocycles. The fraction of sp³-hybridized carbons (Fsp3) is 0.750. The summed E-state index contributed by atoms with van der Waals surface area (Å²) in [6.45, 7) is 0. The van der Waals surface area contributed by atoms with Gasteiger partial charge in [-0.3, -0.25) is 0 Å². The highest BCUT2D eigenvalue weighted by Crippen LogP contribution is 2.43. The number of ether oxygens (including phenoxy) is 2. The van der Waals surface area contributed by atoms with Crippen LogP contribution in [-0.4, -0.2) is 12.2 Å². The number of allylic oxidation sites excluding steroid dienone is 2. The van der Waals surface area contributed by atoms with Gasteiger partial charge in [0.25, 0.3) is 0 Å². The molecule has 2 unspecified atom stereocenters. The van der Waals surface area contributed by atoms with E-state index in [1.165, 1.54) is 24.4 Å². The molecule has 0 amide bonds. The number of hydrogen-bond donors (Lipinski definition) is 0. The van der Waals surface area contributed by atoms with Crippen LogP contribution in [0.25, 0.3) is 0 Å². The molecule has 0 saturated carbocycles. The number of fused-ring (bicyclic) bond motifs is 1. The maximum absolute atomic E-state index is 5.42. The summed E-state index contributed by atoms with van der Waals surface area (Å²) in [6, 6.07) is 0. The monoisotopic (exact) mass is 138 g/mol. The van der Waals surface area contributed by atoms with Gasteiger partial charge in [-0.05, 0) is 12.8 Å². The highest BCUT2D eigenvalue weighted by molar-refractivity contribution is 5.19. The van der Waals surface area contributed by atoms with Crippen molar-refractivity contribution in [3.05, 3.63) is 11.5 Å². The average Bonchev–Trinajstić information content (AvgIpc) is 2.70. The first-order valence-electron chi connectivity index (χ1n) is 3.99. The van der Waals surface area contributed by atoms with E-state index >= 15 is 0 Å². The van der Waals surface area contributed by atoms with Crippen molar-refractivity contribution in [2.75, 3.05) is 0 Å². The predicted octanol–water partition coefficient (Wildman–Crippen LogP) is 1.57. The second-order valence-corrected chi connectivity index (χ2v) is 3.24. The Morgan fingerprint density at radius 3 is 2.20 bits per heavy atom. The van der Waals surface area contributed by atoms with Crippen molar-refractivity contribution in [3.63, 3.8) is 0 Å². The summed E-state index contributed by atoms with van der Waals surface area (Å²) >= 11 is 0. The van der Waals surface area contributed by atoms with Crippen LogP contribution < -0.4 is 0 Å². The largest absolute Gasteiger partial charge is 0.459 e. The first-order valence-corrected chi connectivity index (χ1v) is 3.99. The van der Waals surface area contributed by atoms with Crippen LogP contribution >= 0.6 is 0 Å². The molecule has 2 heterocycles. The molecule has 0 N–H and O–H groups in total. The van der Waals surface area contributed by atoms with Crippen molar-refractivity contribution in [3.8, 4) is 0 Å². The first-order chi connectivity index (χ1) is 4.93. The molecule has 54 valence electrons. The van der Waals surface area contributed by atoms with Crippen LogP contribution in [0.15, 0.2) is 11.5 Å². The molecule has 0 bridgehead atoms. The Hall–Kier alpha value is -0.500. The molecule has 2 heteroatoms. The van der Waals surface area contributed by atoms with Gasteiger partial charge in [0.05, 0.1) is 12.2 Å². The Kier molecular flexibility index (Phi) is 0.810. The Morgan fingerprint density at radius 1 is 1.00 bits per heavy atom. The van der Waals surface area contributed by atoms with Gasteiger partial charge in [0.1, 0.15) is 11.5 Å². The molecule has 0 radical (unpaired) electrons. The predicted molar refractivity (Wildman–Crippen MR) is 35.2 cm³/mol. The van der Waals surface area contributed by atoms with Crippen molar-refractivity contribution in [2.45, 2.75) is 37.9 Å². The van der Waals surface area contributed by atoms with E-state index in [-0.39, 0.29) is 0 Å². The lowest BCUT2D eigenvalue weighted by molar-refractivity contribution is 0.340. The van der Waals surface area contributed by atoms with Crippen molar-refractivity contribution < 1.29 is 9.47 Å². The number of epoxide rings is 1. The summed E-state index contributed by atoms with van der Waals surface area (Å²) in [5.41, 5.74) is 0. The van der Waals surface area contributed by atoms with Crippen LogP contribution in [0.1, 0.15) is 25.7 Å². The summed E-state index contributed by atoms with van der Waals surface area (Å²) < 4.78 is 10.7. The molecule has 1 fully saturated rings. The normalized spacial score (nSPS) is 42.4. The van der Waals surface area contributed by atoms with E-state index in [4.69, 9.17) is 9.47 Å². The second kappa shape index (κ2) is 1.56. The number of hydrogen-bond acceptors (Lipinski definition) is 2. The zero-order valence-corrected chi connectivity index (χ0v) is 5.80. The van der Waals surface area contributed by atoms with Crippen LogP contribution in [0.5, 0.6) is 0 Å². The lowest BCUT2D eigenvalue weighted by atomic mass is 10.1. The molecule has 10 heavy (non-hydrogen) atoms. The SMILES string of the molecule is C1CC2OC2CCC2=C1O2. The molecule has 0 aromatic rings. The summed E-state index contributed by atoms with van der Waals surface area (Å²) in [4.78, 5) is 0. The second-order valence-electron chi connectivity index (χ2n) is 3.24. The van der Waals surface area contributed by atoms with E-state index in [2.05, 4.69) is 0 Å². The molecule has 3 rings (SSSR count). The van der Waals surface area contributed by atoms with Gasteiger partial charge in [-0.15, -0.1) is 0 Å². The lowest BCUT2D eigenvalue weighted by Crippen LogP contribution is -1.94. The molecule has 2 nitrogen and oxygen atoms in total. The minimum absolute atomic E-state index is 0.582. The van der Waals surface area contributed by atoms with Gasteiger partial charge in [0, 0.05) is 12.8 Å². The summed E-state index contributed by atoms with van der Waals surface area (Å²) in [6.07, 6.45) is 5.77. The van der Waals surface area contributed by atoms with E-state index in [1.807, 2.05) is 0 Å². The van der Waals surface area contributed by atoms with Gasteiger partial charge in [-0.2, -0.15) is 0 Å². The van der Waals surface area contributed by atoms with Crippen molar-refractivity contribution in [2.24, 2.45) is 0 Å². The van der Waals surface area contributed by atoms with Crippen molar-refractivity contribution in [1.82, 2.24) is 0 Å². The fourth-order valence-electron chi connectivity index (χ4n) is 1.74. The van der Waals surface area contributed by atoms with Crippen LogP contribution in [0.2, 0.25) is 0 Å². The summed E-state index contributed by atoms with van der Waals surface area (Å²) in [7, 11) is 0. The molecule has 0 spiro atoms. The highest BCUT2D eigenvalue weighted by Gasteiger charge is 2.42. The third kappa shape index (κ3) is 0.686. The lowest BCUT2D eigenvalue weighted by Gasteiger charge is -1.90. The third-order valence-corrected chi connectivity index (χ3v) is 2.52. The van der Waals surface area contributed by atoms with Crippen LogP contribution in [-0.2, 0) is 9.47 Å². The smallest absolute Gasteiger partial charge is 0.142 e. The van der Waals surface area contributed by atoms with Crippen molar-refractivity contribution >= 4 is 0 Å². The first kappa shape index (κ1) is 5.19. The maximum atomic E-state index is 5.42.